The van der Waals surface area contributed by atoms with Gasteiger partial charge in [0.15, 0.2) is 6.61 Å². The third-order valence-corrected chi connectivity index (χ3v) is 5.66. The molecule has 0 unspecified atom stereocenters. The van der Waals surface area contributed by atoms with Gasteiger partial charge in [0, 0.05) is 23.3 Å². The predicted octanol–water partition coefficient (Wildman–Crippen LogP) is 4.23. The maximum Gasteiger partial charge on any atom is 0.339 e. The summed E-state index contributed by atoms with van der Waals surface area (Å²) >= 11 is 0. The minimum Gasteiger partial charge on any atom is -0.494 e. The number of pyridine rings is 1. The van der Waals surface area contributed by atoms with E-state index < -0.39 is 18.5 Å². The maximum atomic E-state index is 13.1. The fourth-order valence-corrected chi connectivity index (χ4v) is 4.17. The van der Waals surface area contributed by atoms with Crippen molar-refractivity contribution in [2.75, 3.05) is 24.7 Å². The number of amides is 1. The second-order valence-electron chi connectivity index (χ2n) is 7.74. The van der Waals surface area contributed by atoms with Gasteiger partial charge < -0.3 is 14.4 Å². The Kier molecular flexibility index (Phi) is 6.84. The summed E-state index contributed by atoms with van der Waals surface area (Å²) in [5.41, 5.74) is 3.72. The number of benzene rings is 2. The van der Waals surface area contributed by atoms with Crippen molar-refractivity contribution in [1.29, 1.82) is 5.26 Å². The van der Waals surface area contributed by atoms with E-state index in [1.807, 2.05) is 31.2 Å². The molecule has 168 valence electrons. The van der Waals surface area contributed by atoms with Crippen LogP contribution in [-0.2, 0) is 22.4 Å². The van der Waals surface area contributed by atoms with Crippen LogP contribution in [0, 0.1) is 11.3 Å². The van der Waals surface area contributed by atoms with E-state index in [0.717, 1.165) is 41.4 Å². The first-order valence-corrected chi connectivity index (χ1v) is 11.1. The van der Waals surface area contributed by atoms with Crippen molar-refractivity contribution in [2.24, 2.45) is 0 Å². The van der Waals surface area contributed by atoms with E-state index in [0.29, 0.717) is 23.6 Å². The Morgan fingerprint density at radius 3 is 2.67 bits per heavy atom. The number of carbonyl (C=O) groups excluding carboxylic acids is 2. The second-order valence-corrected chi connectivity index (χ2v) is 7.74. The van der Waals surface area contributed by atoms with Gasteiger partial charge in [0.25, 0.3) is 5.91 Å². The first-order chi connectivity index (χ1) is 16.1. The number of ether oxygens (including phenoxy) is 2. The van der Waals surface area contributed by atoms with Gasteiger partial charge in [0.05, 0.1) is 30.2 Å². The number of carbonyl (C=O) groups is 2. The molecule has 1 aliphatic rings. The summed E-state index contributed by atoms with van der Waals surface area (Å²) in [7, 11) is 0. The fourth-order valence-electron chi connectivity index (χ4n) is 4.17. The third kappa shape index (κ3) is 4.80. The van der Waals surface area contributed by atoms with Crippen molar-refractivity contribution in [3.05, 3.63) is 65.4 Å². The Labute approximate surface area is 192 Å². The molecule has 0 saturated heterocycles. The summed E-state index contributed by atoms with van der Waals surface area (Å²) in [5, 5.41) is 9.75. The molecular formula is C26H25N3O4. The standard InChI is InChI=1S/C26H25N3O4/c1-2-32-19-13-11-18(12-14-19)29(16-6-15-27)24(30)17-33-26(31)25-20-7-3-4-9-22(20)28-23-10-5-8-21(23)25/h3-4,7,9,11-14H,2,5-6,8,10,16-17H2,1H3. The molecule has 7 nitrogen and oxygen atoms in total. The quantitative estimate of drug-likeness (QED) is 0.484. The third-order valence-electron chi connectivity index (χ3n) is 5.66. The predicted molar refractivity (Wildman–Crippen MR) is 124 cm³/mol. The largest absolute Gasteiger partial charge is 0.494 e. The van der Waals surface area contributed by atoms with Gasteiger partial charge in [-0.3, -0.25) is 9.78 Å². The smallest absolute Gasteiger partial charge is 0.339 e. The second kappa shape index (κ2) is 10.1. The Morgan fingerprint density at radius 1 is 1.12 bits per heavy atom. The summed E-state index contributed by atoms with van der Waals surface area (Å²) in [6.07, 6.45) is 2.71. The number of nitriles is 1. The summed E-state index contributed by atoms with van der Waals surface area (Å²) in [6.45, 7) is 2.23. The van der Waals surface area contributed by atoms with Crippen LogP contribution in [0.1, 0.15) is 41.4 Å². The van der Waals surface area contributed by atoms with Crippen LogP contribution in [0.5, 0.6) is 5.75 Å². The average Bonchev–Trinajstić information content (AvgIpc) is 3.30. The van der Waals surface area contributed by atoms with Crippen molar-refractivity contribution < 1.29 is 19.1 Å². The van der Waals surface area contributed by atoms with Gasteiger partial charge in [-0.1, -0.05) is 18.2 Å². The summed E-state index contributed by atoms with van der Waals surface area (Å²) in [5.74, 6) is -0.219. The zero-order valence-corrected chi connectivity index (χ0v) is 18.5. The van der Waals surface area contributed by atoms with Gasteiger partial charge >= 0.3 is 5.97 Å². The number of aromatic nitrogens is 1. The molecule has 0 radical (unpaired) electrons. The number of aryl methyl sites for hydroxylation is 1. The lowest BCUT2D eigenvalue weighted by Gasteiger charge is -2.22. The number of fused-ring (bicyclic) bond motifs is 2. The van der Waals surface area contributed by atoms with E-state index in [4.69, 9.17) is 19.7 Å². The number of rotatable bonds is 8. The van der Waals surface area contributed by atoms with Crippen LogP contribution in [0.15, 0.2) is 48.5 Å². The van der Waals surface area contributed by atoms with E-state index in [9.17, 15) is 9.59 Å². The molecule has 0 spiro atoms. The summed E-state index contributed by atoms with van der Waals surface area (Å²) in [4.78, 5) is 32.3. The maximum absolute atomic E-state index is 13.1. The molecule has 0 fully saturated rings. The molecule has 4 rings (SSSR count). The van der Waals surface area contributed by atoms with Gasteiger partial charge in [-0.2, -0.15) is 5.26 Å². The summed E-state index contributed by atoms with van der Waals surface area (Å²) in [6, 6.07) is 16.6. The molecule has 1 amide bonds. The van der Waals surface area contributed by atoms with Gasteiger partial charge in [0.2, 0.25) is 0 Å². The van der Waals surface area contributed by atoms with E-state index in [1.54, 1.807) is 24.3 Å². The SMILES string of the molecule is CCOc1ccc(N(CCC#N)C(=O)COC(=O)c2c3c(nc4ccccc24)CCC3)cc1. The fraction of sp³-hybridized carbons (Fsp3) is 0.308. The van der Waals surface area contributed by atoms with Gasteiger partial charge in [-0.05, 0) is 62.1 Å². The van der Waals surface area contributed by atoms with Crippen LogP contribution in [-0.4, -0.2) is 36.6 Å². The minimum atomic E-state index is -0.521. The Bertz CT molecular complexity index is 1210. The Hall–Kier alpha value is -3.92. The van der Waals surface area contributed by atoms with Gasteiger partial charge in [-0.25, -0.2) is 4.79 Å². The van der Waals surface area contributed by atoms with Crippen LogP contribution >= 0.6 is 0 Å². The molecule has 1 aliphatic carbocycles. The molecule has 0 N–H and O–H groups in total. The van der Waals surface area contributed by atoms with E-state index in [-0.39, 0.29) is 13.0 Å². The molecule has 33 heavy (non-hydrogen) atoms. The van der Waals surface area contributed by atoms with E-state index in [1.165, 1.54) is 4.90 Å². The lowest BCUT2D eigenvalue weighted by Crippen LogP contribution is -2.35. The number of esters is 1. The number of nitrogens with zero attached hydrogens (tertiary/aromatic N) is 3. The van der Waals surface area contributed by atoms with Gasteiger partial charge in [-0.15, -0.1) is 0 Å². The molecule has 1 aromatic heterocycles. The zero-order valence-electron chi connectivity index (χ0n) is 18.5. The highest BCUT2D eigenvalue weighted by atomic mass is 16.5. The molecular weight excluding hydrogens is 418 g/mol. The highest BCUT2D eigenvalue weighted by molar-refractivity contribution is 6.06. The molecule has 2 aromatic carbocycles. The number of para-hydroxylation sites is 1. The highest BCUT2D eigenvalue weighted by Crippen LogP contribution is 2.30. The number of anilines is 1. The van der Waals surface area contributed by atoms with Crippen molar-refractivity contribution in [3.63, 3.8) is 0 Å². The van der Waals surface area contributed by atoms with Crippen LogP contribution in [0.3, 0.4) is 0 Å². The molecule has 1 heterocycles. The van der Waals surface area contributed by atoms with Crippen molar-refractivity contribution in [1.82, 2.24) is 4.98 Å². The monoisotopic (exact) mass is 443 g/mol. The molecule has 0 bridgehead atoms. The van der Waals surface area contributed by atoms with Gasteiger partial charge in [0.1, 0.15) is 5.75 Å². The number of hydrogen-bond donors (Lipinski definition) is 0. The Balaban J connectivity index is 1.53. The first kappa shape index (κ1) is 22.3. The lowest BCUT2D eigenvalue weighted by molar-refractivity contribution is -0.121. The zero-order chi connectivity index (χ0) is 23.2. The lowest BCUT2D eigenvalue weighted by atomic mass is 10.0. The average molecular weight is 444 g/mol. The normalized spacial score (nSPS) is 12.1. The highest BCUT2D eigenvalue weighted by Gasteiger charge is 2.26. The van der Waals surface area contributed by atoms with Crippen LogP contribution < -0.4 is 9.64 Å². The first-order valence-electron chi connectivity index (χ1n) is 11.1. The van der Waals surface area contributed by atoms with Crippen LogP contribution in [0.25, 0.3) is 10.9 Å². The number of hydrogen-bond acceptors (Lipinski definition) is 6. The van der Waals surface area contributed by atoms with Crippen molar-refractivity contribution in [2.45, 2.75) is 32.6 Å². The molecule has 7 heteroatoms. The van der Waals surface area contributed by atoms with Crippen LogP contribution in [0.4, 0.5) is 5.69 Å². The summed E-state index contributed by atoms with van der Waals surface area (Å²) < 4.78 is 11.0. The molecule has 3 aromatic rings. The van der Waals surface area contributed by atoms with Crippen molar-refractivity contribution in [3.8, 4) is 11.8 Å². The molecule has 0 atom stereocenters. The topological polar surface area (TPSA) is 92.5 Å². The minimum absolute atomic E-state index is 0.162. The van der Waals surface area contributed by atoms with Crippen molar-refractivity contribution >= 4 is 28.5 Å². The molecule has 0 aliphatic heterocycles. The molecule has 0 saturated carbocycles. The Morgan fingerprint density at radius 2 is 1.91 bits per heavy atom. The van der Waals surface area contributed by atoms with E-state index >= 15 is 0 Å². The van der Waals surface area contributed by atoms with E-state index in [2.05, 4.69) is 6.07 Å². The van der Waals surface area contributed by atoms with Crippen LogP contribution in [0.2, 0.25) is 0 Å².